The summed E-state index contributed by atoms with van der Waals surface area (Å²) in [7, 11) is 0. The molecule has 2 atom stereocenters. The van der Waals surface area contributed by atoms with Gasteiger partial charge in [-0.25, -0.2) is 14.4 Å². The number of isocyanates is 3. The first-order valence-electron chi connectivity index (χ1n) is 12.2. The zero-order chi connectivity index (χ0) is 26.6. The topological polar surface area (TPSA) is 88.3 Å². The Morgan fingerprint density at radius 3 is 1.61 bits per heavy atom. The summed E-state index contributed by atoms with van der Waals surface area (Å²) >= 11 is 0. The molecule has 0 amide bonds. The van der Waals surface area contributed by atoms with Crippen LogP contribution in [0.3, 0.4) is 0 Å². The Hall–Kier alpha value is -4.98. The van der Waals surface area contributed by atoms with Gasteiger partial charge in [0, 0.05) is 5.92 Å². The van der Waals surface area contributed by atoms with Crippen LogP contribution in [0, 0.1) is 0 Å². The zero-order valence-corrected chi connectivity index (χ0v) is 20.6. The van der Waals surface area contributed by atoms with E-state index >= 15 is 0 Å². The number of rotatable bonds is 6. The summed E-state index contributed by atoms with van der Waals surface area (Å²) in [6.07, 6.45) is 5.62. The summed E-state index contributed by atoms with van der Waals surface area (Å²) in [6.45, 7) is 0. The van der Waals surface area contributed by atoms with Crippen LogP contribution in [0.15, 0.2) is 124 Å². The lowest BCUT2D eigenvalue weighted by atomic mass is 9.84. The van der Waals surface area contributed by atoms with Crippen molar-refractivity contribution in [1.29, 1.82) is 0 Å². The van der Waals surface area contributed by atoms with Crippen molar-refractivity contribution in [3.63, 3.8) is 0 Å². The number of carbonyl (C=O) groups excluding carboxylic acids is 3. The molecule has 186 valence electrons. The van der Waals surface area contributed by atoms with E-state index in [2.05, 4.69) is 106 Å². The van der Waals surface area contributed by atoms with Crippen LogP contribution in [-0.4, -0.2) is 24.3 Å². The van der Waals surface area contributed by atoms with Crippen molar-refractivity contribution in [2.45, 2.75) is 30.8 Å². The lowest BCUT2D eigenvalue weighted by Gasteiger charge is -2.27. The van der Waals surface area contributed by atoms with Crippen LogP contribution in [0.4, 0.5) is 5.69 Å². The Labute approximate surface area is 221 Å². The van der Waals surface area contributed by atoms with Crippen LogP contribution in [-0.2, 0) is 20.8 Å². The molecule has 1 aliphatic carbocycles. The summed E-state index contributed by atoms with van der Waals surface area (Å²) in [6, 6.07) is 36.2. The smallest absolute Gasteiger partial charge is 0.211 e. The van der Waals surface area contributed by atoms with Crippen LogP contribution in [0.5, 0.6) is 0 Å². The second-order valence-electron chi connectivity index (χ2n) is 8.70. The Kier molecular flexibility index (Phi) is 9.18. The Morgan fingerprint density at radius 1 is 0.605 bits per heavy atom. The average Bonchev–Trinajstić information content (AvgIpc) is 2.97. The van der Waals surface area contributed by atoms with Gasteiger partial charge in [0.25, 0.3) is 0 Å². The van der Waals surface area contributed by atoms with Gasteiger partial charge in [-0.3, -0.25) is 0 Å². The lowest BCUT2D eigenvalue weighted by molar-refractivity contribution is 0.472. The molecule has 38 heavy (non-hydrogen) atoms. The van der Waals surface area contributed by atoms with Crippen molar-refractivity contribution in [2.24, 2.45) is 15.0 Å². The molecule has 2 unspecified atom stereocenters. The molecule has 0 fully saturated rings. The number of aliphatic imine (C=N–C) groups is 3. The highest BCUT2D eigenvalue weighted by atomic mass is 16.1. The van der Waals surface area contributed by atoms with E-state index in [-0.39, 0.29) is 0 Å². The normalized spacial score (nSPS) is 15.4. The van der Waals surface area contributed by atoms with Crippen molar-refractivity contribution < 1.29 is 14.4 Å². The molecule has 0 spiro atoms. The minimum absolute atomic E-state index is 0.309. The van der Waals surface area contributed by atoms with Gasteiger partial charge in [-0.15, -0.1) is 0 Å². The quantitative estimate of drug-likeness (QED) is 0.171. The molecule has 0 bridgehead atoms. The van der Waals surface area contributed by atoms with Crippen molar-refractivity contribution in [2.75, 3.05) is 0 Å². The van der Waals surface area contributed by atoms with Gasteiger partial charge in [-0.1, -0.05) is 103 Å². The molecule has 0 radical (unpaired) electrons. The van der Waals surface area contributed by atoms with Crippen molar-refractivity contribution in [3.05, 3.63) is 137 Å². The largest absolute Gasteiger partial charge is 0.240 e. The standard InChI is InChI=1S/C19H16.C13H9N3O3/c1-4-10-16(11-5-1)19(17-12-6-2-7-13-17)18-14-8-3-9-15-18;17-6-14-11-3-1-2-10-9(11)4-5-12(15-7-18)13(10)16-8-19/h1-15,19H;1-3,12-13H,4-5H2. The Balaban J connectivity index is 0.000000177. The molecule has 6 heteroatoms. The minimum Gasteiger partial charge on any atom is -0.211 e. The molecule has 5 rings (SSSR count). The van der Waals surface area contributed by atoms with E-state index in [1.807, 2.05) is 0 Å². The fourth-order valence-corrected chi connectivity index (χ4v) is 4.88. The molecule has 6 nitrogen and oxygen atoms in total. The molecule has 0 heterocycles. The van der Waals surface area contributed by atoms with Gasteiger partial charge in [0.1, 0.15) is 6.04 Å². The highest BCUT2D eigenvalue weighted by Gasteiger charge is 2.30. The molecule has 0 aliphatic heterocycles. The van der Waals surface area contributed by atoms with Crippen LogP contribution in [0.1, 0.15) is 46.2 Å². The van der Waals surface area contributed by atoms with Gasteiger partial charge in [0.05, 0.1) is 11.7 Å². The third-order valence-corrected chi connectivity index (χ3v) is 6.54. The summed E-state index contributed by atoms with van der Waals surface area (Å²) < 4.78 is 0. The Bertz CT molecular complexity index is 1390. The van der Waals surface area contributed by atoms with E-state index in [4.69, 9.17) is 0 Å². The average molecular weight is 500 g/mol. The fourth-order valence-electron chi connectivity index (χ4n) is 4.88. The number of hydrogen-bond acceptors (Lipinski definition) is 6. The molecular formula is C32H25N3O3. The maximum atomic E-state index is 10.5. The summed E-state index contributed by atoms with van der Waals surface area (Å²) in [5.74, 6) is 0.309. The Morgan fingerprint density at radius 2 is 1.13 bits per heavy atom. The minimum atomic E-state index is -0.579. The number of nitrogens with zero attached hydrogens (tertiary/aromatic N) is 3. The third-order valence-electron chi connectivity index (χ3n) is 6.54. The predicted octanol–water partition coefficient (Wildman–Crippen LogP) is 6.55. The maximum Gasteiger partial charge on any atom is 0.240 e. The van der Waals surface area contributed by atoms with Gasteiger partial charge in [0.15, 0.2) is 0 Å². The first kappa shape index (κ1) is 26.1. The van der Waals surface area contributed by atoms with Gasteiger partial charge in [0.2, 0.25) is 18.2 Å². The van der Waals surface area contributed by atoms with Gasteiger partial charge in [-0.05, 0) is 46.7 Å². The molecular weight excluding hydrogens is 474 g/mol. The van der Waals surface area contributed by atoms with Gasteiger partial charge in [-0.2, -0.15) is 15.0 Å². The summed E-state index contributed by atoms with van der Waals surface area (Å²) in [4.78, 5) is 42.3. The first-order chi connectivity index (χ1) is 18.8. The SMILES string of the molecule is O=C=Nc1cccc2c1CCC(N=C=O)C2N=C=O.c1ccc(C(c2ccccc2)c2ccccc2)cc1. The van der Waals surface area contributed by atoms with E-state index in [0.717, 1.165) is 11.1 Å². The lowest BCUT2D eigenvalue weighted by Crippen LogP contribution is -2.22. The first-order valence-corrected chi connectivity index (χ1v) is 12.2. The molecule has 0 N–H and O–H groups in total. The summed E-state index contributed by atoms with van der Waals surface area (Å²) in [5, 5.41) is 0. The number of benzene rings is 4. The van der Waals surface area contributed by atoms with Crippen LogP contribution in [0.2, 0.25) is 0 Å². The summed E-state index contributed by atoms with van der Waals surface area (Å²) in [5.41, 5.74) is 6.06. The third kappa shape index (κ3) is 6.22. The second kappa shape index (κ2) is 13.4. The monoisotopic (exact) mass is 499 g/mol. The van der Waals surface area contributed by atoms with E-state index in [1.54, 1.807) is 18.2 Å². The van der Waals surface area contributed by atoms with E-state index < -0.39 is 12.1 Å². The predicted molar refractivity (Wildman–Crippen MR) is 146 cm³/mol. The zero-order valence-electron chi connectivity index (χ0n) is 20.6. The molecule has 0 saturated carbocycles. The fraction of sp³-hybridized carbons (Fsp3) is 0.156. The van der Waals surface area contributed by atoms with Crippen molar-refractivity contribution in [1.82, 2.24) is 0 Å². The van der Waals surface area contributed by atoms with Crippen molar-refractivity contribution >= 4 is 23.9 Å². The number of fused-ring (bicyclic) bond motifs is 1. The molecule has 0 saturated heterocycles. The van der Waals surface area contributed by atoms with Crippen LogP contribution >= 0.6 is 0 Å². The van der Waals surface area contributed by atoms with Gasteiger partial charge < -0.3 is 0 Å². The highest BCUT2D eigenvalue weighted by Crippen LogP contribution is 2.38. The van der Waals surface area contributed by atoms with E-state index in [0.29, 0.717) is 24.4 Å². The molecule has 0 aromatic heterocycles. The van der Waals surface area contributed by atoms with Crippen LogP contribution < -0.4 is 0 Å². The second-order valence-corrected chi connectivity index (χ2v) is 8.70. The maximum absolute atomic E-state index is 10.5. The van der Waals surface area contributed by atoms with E-state index in [9.17, 15) is 14.4 Å². The molecule has 1 aliphatic rings. The van der Waals surface area contributed by atoms with Crippen molar-refractivity contribution in [3.8, 4) is 0 Å². The molecule has 4 aromatic rings. The number of hydrogen-bond donors (Lipinski definition) is 0. The van der Waals surface area contributed by atoms with E-state index in [1.165, 1.54) is 34.9 Å². The van der Waals surface area contributed by atoms with Gasteiger partial charge >= 0.3 is 0 Å². The highest BCUT2D eigenvalue weighted by molar-refractivity contribution is 5.58. The molecule has 4 aromatic carbocycles. The van der Waals surface area contributed by atoms with Crippen LogP contribution in [0.25, 0.3) is 0 Å².